The molecule has 14 heavy (non-hydrogen) atoms. The third-order valence-corrected chi connectivity index (χ3v) is 1.85. The van der Waals surface area contributed by atoms with Crippen molar-refractivity contribution in [2.45, 2.75) is 38.6 Å². The molecule has 0 aromatic carbocycles. The van der Waals surface area contributed by atoms with Crippen LogP contribution in [-0.4, -0.2) is 34.0 Å². The molecule has 1 N–H and O–H groups in total. The van der Waals surface area contributed by atoms with Crippen LogP contribution in [-0.2, 0) is 9.84 Å². The quantitative estimate of drug-likeness (QED) is 0.729. The Balaban J connectivity index is 0.000000182. The van der Waals surface area contributed by atoms with Crippen LogP contribution in [0.1, 0.15) is 32.6 Å². The van der Waals surface area contributed by atoms with Gasteiger partial charge in [-0.2, -0.15) is 0 Å². The highest BCUT2D eigenvalue weighted by Crippen LogP contribution is 2.26. The molecule has 86 valence electrons. The van der Waals surface area contributed by atoms with E-state index in [1.54, 1.807) is 0 Å². The van der Waals surface area contributed by atoms with Crippen molar-refractivity contribution in [2.75, 3.05) is 19.6 Å². The summed E-state index contributed by atoms with van der Waals surface area (Å²) in [6.45, 7) is 2.28. The fraction of sp³-hybridized carbons (Fsp3) is 1.00. The lowest BCUT2D eigenvalue weighted by atomic mass is 10.5. The van der Waals surface area contributed by atoms with E-state index in [-0.39, 0.29) is 0 Å². The second kappa shape index (κ2) is 6.40. The summed E-state index contributed by atoms with van der Waals surface area (Å²) in [5.41, 5.74) is 0. The van der Waals surface area contributed by atoms with Gasteiger partial charge in [0.25, 0.3) is 0 Å². The molecule has 2 aliphatic rings. The maximum atomic E-state index is 9.63. The van der Waals surface area contributed by atoms with Crippen molar-refractivity contribution in [3.8, 4) is 0 Å². The summed E-state index contributed by atoms with van der Waals surface area (Å²) in [5.74, 6) is 1.08. The summed E-state index contributed by atoms with van der Waals surface area (Å²) in [6.07, 6.45) is 8.09. The predicted octanol–water partition coefficient (Wildman–Crippen LogP) is 1.45. The first kappa shape index (κ1) is 13.9. The monoisotopic (exact) mass is 221 g/mol. The first-order valence-corrected chi connectivity index (χ1v) is 7.45. The second-order valence-corrected chi connectivity index (χ2v) is 6.67. The van der Waals surface area contributed by atoms with Crippen LogP contribution >= 0.6 is 0 Å². The van der Waals surface area contributed by atoms with Crippen molar-refractivity contribution in [2.24, 2.45) is 5.92 Å². The molecule has 2 saturated carbocycles. The minimum Gasteiger partial charge on any atom is -0.317 e. The fourth-order valence-electron chi connectivity index (χ4n) is 0.539. The lowest BCUT2D eigenvalue weighted by molar-refractivity contribution is 0.607. The van der Waals surface area contributed by atoms with E-state index in [0.717, 1.165) is 24.5 Å². The molecule has 2 rings (SSSR count). The normalized spacial score (nSPS) is 20.0. The Bertz CT molecular complexity index is 221. The first-order chi connectivity index (χ1) is 6.33. The van der Waals surface area contributed by atoms with E-state index in [2.05, 4.69) is 12.2 Å². The van der Waals surface area contributed by atoms with Gasteiger partial charge < -0.3 is 5.32 Å². The Morgan fingerprint density at radius 1 is 1.07 bits per heavy atom. The molecule has 0 bridgehead atoms. The van der Waals surface area contributed by atoms with Crippen molar-refractivity contribution in [1.29, 1.82) is 0 Å². The van der Waals surface area contributed by atoms with E-state index < -0.39 is 9.84 Å². The third kappa shape index (κ3) is 22.7. The number of hydrogen-bond donors (Lipinski definition) is 1. The highest BCUT2D eigenvalue weighted by molar-refractivity contribution is 7.89. The van der Waals surface area contributed by atoms with Crippen LogP contribution in [0.3, 0.4) is 0 Å². The van der Waals surface area contributed by atoms with Gasteiger partial charge in [-0.25, -0.2) is 8.42 Å². The second-order valence-electron chi connectivity index (χ2n) is 4.39. The van der Waals surface area contributed by atoms with Crippen LogP contribution in [0.15, 0.2) is 0 Å². The van der Waals surface area contributed by atoms with Gasteiger partial charge in [0.05, 0.1) is 0 Å². The molecular weight excluding hydrogens is 198 g/mol. The Labute approximate surface area is 88.2 Å². The molecule has 0 saturated heterocycles. The average Bonchev–Trinajstić information content (AvgIpc) is 2.75. The molecule has 4 heteroatoms. The molecule has 0 atom stereocenters. The summed E-state index contributed by atoms with van der Waals surface area (Å²) in [6, 6.07) is 0.884. The van der Waals surface area contributed by atoms with Gasteiger partial charge in [0.15, 0.2) is 0 Å². The first-order valence-electron chi connectivity index (χ1n) is 5.15. The minimum absolute atomic E-state index is 0.884. The van der Waals surface area contributed by atoms with E-state index in [0.29, 0.717) is 0 Å². The minimum atomic E-state index is -2.67. The van der Waals surface area contributed by atoms with Crippen LogP contribution in [0, 0.1) is 5.92 Å². The van der Waals surface area contributed by atoms with Crippen LogP contribution in [0.5, 0.6) is 0 Å². The van der Waals surface area contributed by atoms with E-state index >= 15 is 0 Å². The zero-order valence-corrected chi connectivity index (χ0v) is 10.5. The molecule has 2 aliphatic carbocycles. The Hall–Kier alpha value is -0.0900. The molecule has 0 aliphatic heterocycles. The van der Waals surface area contributed by atoms with Crippen LogP contribution in [0.25, 0.3) is 0 Å². The van der Waals surface area contributed by atoms with Crippen molar-refractivity contribution >= 4 is 9.84 Å². The largest absolute Gasteiger partial charge is 0.317 e. The summed E-state index contributed by atoms with van der Waals surface area (Å²) in [5, 5.41) is 3.14. The van der Waals surface area contributed by atoms with Crippen molar-refractivity contribution < 1.29 is 8.42 Å². The zero-order valence-electron chi connectivity index (χ0n) is 9.71. The van der Waals surface area contributed by atoms with E-state index in [1.807, 2.05) is 7.05 Å². The van der Waals surface area contributed by atoms with Crippen LogP contribution in [0.2, 0.25) is 0 Å². The summed E-state index contributed by atoms with van der Waals surface area (Å²) < 4.78 is 19.3. The number of nitrogens with one attached hydrogen (secondary N) is 1. The molecule has 0 radical (unpaired) electrons. The van der Waals surface area contributed by atoms with Crippen molar-refractivity contribution in [3.63, 3.8) is 0 Å². The van der Waals surface area contributed by atoms with Gasteiger partial charge in [-0.15, -0.1) is 0 Å². The number of sulfone groups is 1. The standard InChI is InChI=1S/C4H9N.C4H8.C2H6O2S/c1-5-4-2-3-4;1-4-2-3-4;1-5(2,3)4/h4-5H,2-3H2,1H3;4H,2-3H2,1H3;1-2H3. The summed E-state index contributed by atoms with van der Waals surface area (Å²) in [4.78, 5) is 0. The SMILES string of the molecule is CC1CC1.CNC1CC1.CS(C)(=O)=O. The van der Waals surface area contributed by atoms with E-state index in [9.17, 15) is 8.42 Å². The fourth-order valence-corrected chi connectivity index (χ4v) is 0.539. The van der Waals surface area contributed by atoms with Gasteiger partial charge in [0.2, 0.25) is 0 Å². The van der Waals surface area contributed by atoms with Crippen LogP contribution < -0.4 is 5.32 Å². The predicted molar refractivity (Wildman–Crippen MR) is 61.2 cm³/mol. The highest BCUT2D eigenvalue weighted by Gasteiger charge is 2.17. The zero-order chi connectivity index (χ0) is 11.2. The lowest BCUT2D eigenvalue weighted by Gasteiger charge is -1.80. The molecule has 0 heterocycles. The molecule has 0 aromatic rings. The van der Waals surface area contributed by atoms with Crippen molar-refractivity contribution in [3.05, 3.63) is 0 Å². The topological polar surface area (TPSA) is 46.2 Å². The molecule has 0 unspecified atom stereocenters. The molecule has 0 spiro atoms. The molecule has 0 aromatic heterocycles. The Morgan fingerprint density at radius 2 is 1.36 bits per heavy atom. The lowest BCUT2D eigenvalue weighted by Crippen LogP contribution is -2.06. The van der Waals surface area contributed by atoms with Gasteiger partial charge in [0.1, 0.15) is 9.84 Å². The van der Waals surface area contributed by atoms with Gasteiger partial charge in [0, 0.05) is 18.6 Å². The number of hydrogen-bond acceptors (Lipinski definition) is 3. The number of rotatable bonds is 1. The molecular formula is C10H23NO2S. The molecule has 2 fully saturated rings. The van der Waals surface area contributed by atoms with Gasteiger partial charge in [-0.3, -0.25) is 0 Å². The Kier molecular flexibility index (Phi) is 6.36. The highest BCUT2D eigenvalue weighted by atomic mass is 32.2. The summed E-state index contributed by atoms with van der Waals surface area (Å²) >= 11 is 0. The van der Waals surface area contributed by atoms with Gasteiger partial charge in [-0.05, 0) is 25.8 Å². The average molecular weight is 221 g/mol. The van der Waals surface area contributed by atoms with E-state index in [1.165, 1.54) is 25.7 Å². The van der Waals surface area contributed by atoms with Gasteiger partial charge in [-0.1, -0.05) is 19.8 Å². The van der Waals surface area contributed by atoms with E-state index in [4.69, 9.17) is 0 Å². The van der Waals surface area contributed by atoms with Crippen LogP contribution in [0.4, 0.5) is 0 Å². The third-order valence-electron chi connectivity index (χ3n) is 1.85. The maximum Gasteiger partial charge on any atom is 0.144 e. The Morgan fingerprint density at radius 3 is 1.36 bits per heavy atom. The maximum absolute atomic E-state index is 9.63. The smallest absolute Gasteiger partial charge is 0.144 e. The summed E-state index contributed by atoms with van der Waals surface area (Å²) in [7, 11) is -0.655. The van der Waals surface area contributed by atoms with Crippen molar-refractivity contribution in [1.82, 2.24) is 5.32 Å². The molecule has 0 amide bonds. The molecule has 3 nitrogen and oxygen atoms in total. The van der Waals surface area contributed by atoms with Gasteiger partial charge >= 0.3 is 0 Å².